The maximum Gasteiger partial charge on any atom is 0.419 e. The molecule has 1 N–H and O–H groups in total. The molecule has 0 saturated carbocycles. The minimum atomic E-state index is -4.63. The lowest BCUT2D eigenvalue weighted by Gasteiger charge is -2.15. The van der Waals surface area contributed by atoms with Crippen LogP contribution in [0.25, 0.3) is 0 Å². The number of hydrazone groups is 1. The number of pyridine rings is 1. The van der Waals surface area contributed by atoms with Gasteiger partial charge in [0.25, 0.3) is 5.91 Å². The largest absolute Gasteiger partial charge is 0.466 e. The van der Waals surface area contributed by atoms with Crippen molar-refractivity contribution in [2.24, 2.45) is 5.10 Å². The van der Waals surface area contributed by atoms with E-state index < -0.39 is 22.8 Å². The van der Waals surface area contributed by atoms with Crippen LogP contribution >= 0.6 is 11.6 Å². The van der Waals surface area contributed by atoms with Gasteiger partial charge < -0.3 is 4.74 Å². The fourth-order valence-electron chi connectivity index (χ4n) is 1.22. The van der Waals surface area contributed by atoms with Crippen LogP contribution in [0, 0.1) is 0 Å². The van der Waals surface area contributed by atoms with E-state index in [-0.39, 0.29) is 18.1 Å². The predicted octanol–water partition coefficient (Wildman–Crippen LogP) is 1.56. The Hall–Kier alpha value is -1.83. The molecule has 5 nitrogen and oxygen atoms in total. The molecule has 0 bridgehead atoms. The van der Waals surface area contributed by atoms with Crippen LogP contribution in [0.3, 0.4) is 0 Å². The molecule has 18 heavy (non-hydrogen) atoms. The quantitative estimate of drug-likeness (QED) is 0.794. The Balaban J connectivity index is 2.39. The van der Waals surface area contributed by atoms with Gasteiger partial charge in [0.05, 0.1) is 11.1 Å². The number of carbonyl (C=O) groups excluding carboxylic acids is 1. The number of amides is 1. The van der Waals surface area contributed by atoms with Gasteiger partial charge in [-0.2, -0.15) is 13.2 Å². The van der Waals surface area contributed by atoms with Crippen LogP contribution in [-0.4, -0.2) is 23.4 Å². The molecule has 1 aliphatic heterocycles. The number of hydrogen-bond donors (Lipinski definition) is 1. The van der Waals surface area contributed by atoms with E-state index in [1.807, 2.05) is 0 Å². The molecule has 1 aliphatic rings. The number of aromatic nitrogens is 1. The third-order valence-corrected chi connectivity index (χ3v) is 2.31. The SMILES string of the molecule is O=C1COC(c2cnc(Cl)c(C(F)(F)F)c2)=NN1. The van der Waals surface area contributed by atoms with Gasteiger partial charge in [0.2, 0.25) is 5.90 Å². The Morgan fingerprint density at radius 3 is 2.72 bits per heavy atom. The zero-order chi connectivity index (χ0) is 13.3. The van der Waals surface area contributed by atoms with Gasteiger partial charge >= 0.3 is 6.18 Å². The molecule has 2 rings (SSSR count). The molecule has 0 aliphatic carbocycles. The minimum absolute atomic E-state index is 0.0216. The van der Waals surface area contributed by atoms with Crippen molar-refractivity contribution in [3.8, 4) is 0 Å². The highest BCUT2D eigenvalue weighted by atomic mass is 35.5. The predicted molar refractivity (Wildman–Crippen MR) is 54.9 cm³/mol. The van der Waals surface area contributed by atoms with E-state index >= 15 is 0 Å². The zero-order valence-electron chi connectivity index (χ0n) is 8.58. The summed E-state index contributed by atoms with van der Waals surface area (Å²) in [7, 11) is 0. The van der Waals surface area contributed by atoms with E-state index in [9.17, 15) is 18.0 Å². The first-order valence-electron chi connectivity index (χ1n) is 4.60. The van der Waals surface area contributed by atoms with Gasteiger partial charge in [-0.05, 0) is 6.07 Å². The van der Waals surface area contributed by atoms with E-state index in [1.54, 1.807) is 0 Å². The third-order valence-electron chi connectivity index (χ3n) is 2.01. The number of nitrogens with one attached hydrogen (secondary N) is 1. The fraction of sp³-hybridized carbons (Fsp3) is 0.222. The molecule has 0 spiro atoms. The lowest BCUT2D eigenvalue weighted by Crippen LogP contribution is -2.32. The fourth-order valence-corrected chi connectivity index (χ4v) is 1.43. The highest BCUT2D eigenvalue weighted by molar-refractivity contribution is 6.30. The van der Waals surface area contributed by atoms with Crippen LogP contribution in [0.5, 0.6) is 0 Å². The molecule has 1 amide bonds. The van der Waals surface area contributed by atoms with Crippen LogP contribution in [0.1, 0.15) is 11.1 Å². The Labute approximate surface area is 104 Å². The first-order valence-corrected chi connectivity index (χ1v) is 4.98. The number of rotatable bonds is 1. The number of halogens is 4. The number of hydrogen-bond acceptors (Lipinski definition) is 4. The van der Waals surface area contributed by atoms with Crippen LogP contribution in [0.4, 0.5) is 13.2 Å². The molecule has 1 aromatic rings. The van der Waals surface area contributed by atoms with Crippen LogP contribution in [0.2, 0.25) is 5.15 Å². The van der Waals surface area contributed by atoms with Crippen molar-refractivity contribution in [1.29, 1.82) is 0 Å². The summed E-state index contributed by atoms with van der Waals surface area (Å²) >= 11 is 5.36. The van der Waals surface area contributed by atoms with Crippen molar-refractivity contribution < 1.29 is 22.7 Å². The first kappa shape index (κ1) is 12.6. The molecule has 9 heteroatoms. The van der Waals surface area contributed by atoms with E-state index in [4.69, 9.17) is 16.3 Å². The maximum absolute atomic E-state index is 12.6. The minimum Gasteiger partial charge on any atom is -0.466 e. The van der Waals surface area contributed by atoms with Crippen molar-refractivity contribution in [2.45, 2.75) is 6.18 Å². The van der Waals surface area contributed by atoms with Crippen LogP contribution in [-0.2, 0) is 15.7 Å². The molecule has 0 saturated heterocycles. The second kappa shape index (κ2) is 4.45. The van der Waals surface area contributed by atoms with Gasteiger partial charge in [-0.3, -0.25) is 4.79 Å². The number of nitrogens with zero attached hydrogens (tertiary/aromatic N) is 2. The van der Waals surface area contributed by atoms with Gasteiger partial charge in [0.15, 0.2) is 6.61 Å². The monoisotopic (exact) mass is 279 g/mol. The van der Waals surface area contributed by atoms with Crippen molar-refractivity contribution in [3.63, 3.8) is 0 Å². The summed E-state index contributed by atoms with van der Waals surface area (Å²) in [6.07, 6.45) is -3.55. The summed E-state index contributed by atoms with van der Waals surface area (Å²) in [5.41, 5.74) is 0.971. The van der Waals surface area contributed by atoms with E-state index in [0.717, 1.165) is 12.3 Å². The van der Waals surface area contributed by atoms with Gasteiger partial charge in [-0.15, -0.1) is 5.10 Å². The second-order valence-electron chi connectivity index (χ2n) is 3.30. The molecular weight excluding hydrogens is 275 g/mol. The van der Waals surface area contributed by atoms with E-state index in [1.165, 1.54) is 0 Å². The molecule has 0 atom stereocenters. The normalized spacial score (nSPS) is 15.8. The zero-order valence-corrected chi connectivity index (χ0v) is 9.34. The van der Waals surface area contributed by atoms with Crippen molar-refractivity contribution in [3.05, 3.63) is 28.5 Å². The molecular formula is C9H5ClF3N3O2. The van der Waals surface area contributed by atoms with Gasteiger partial charge in [-0.1, -0.05) is 11.6 Å². The lowest BCUT2D eigenvalue weighted by molar-refractivity contribution is -0.137. The molecule has 0 fully saturated rings. The molecule has 0 unspecified atom stereocenters. The summed E-state index contributed by atoms with van der Waals surface area (Å²) in [5, 5.41) is 2.82. The van der Waals surface area contributed by atoms with Crippen LogP contribution in [0.15, 0.2) is 17.4 Å². The molecule has 0 radical (unpaired) electrons. The molecule has 96 valence electrons. The Morgan fingerprint density at radius 2 is 2.17 bits per heavy atom. The van der Waals surface area contributed by atoms with Crippen molar-refractivity contribution >= 4 is 23.4 Å². The summed E-state index contributed by atoms with van der Waals surface area (Å²) in [5.74, 6) is -0.638. The van der Waals surface area contributed by atoms with Gasteiger partial charge in [0, 0.05) is 6.20 Å². The summed E-state index contributed by atoms with van der Waals surface area (Å²) in [6, 6.07) is 0.756. The summed E-state index contributed by atoms with van der Waals surface area (Å²) in [4.78, 5) is 14.2. The van der Waals surface area contributed by atoms with Crippen molar-refractivity contribution in [1.82, 2.24) is 10.4 Å². The number of carbonyl (C=O) groups is 1. The highest BCUT2D eigenvalue weighted by Crippen LogP contribution is 2.34. The Kier molecular flexibility index (Phi) is 3.12. The topological polar surface area (TPSA) is 63.6 Å². The average molecular weight is 280 g/mol. The first-order chi connectivity index (χ1) is 8.38. The molecule has 1 aromatic heterocycles. The smallest absolute Gasteiger partial charge is 0.419 e. The summed E-state index contributed by atoms with van der Waals surface area (Å²) in [6.45, 7) is -0.317. The average Bonchev–Trinajstić information content (AvgIpc) is 2.29. The van der Waals surface area contributed by atoms with Gasteiger partial charge in [0.1, 0.15) is 5.15 Å². The third kappa shape index (κ3) is 2.53. The standard InChI is InChI=1S/C9H5ClF3N3O2/c10-7-5(9(11,12)13)1-4(2-14-7)8-16-15-6(17)3-18-8/h1-2H,3H2,(H,15,17). The maximum atomic E-state index is 12.6. The number of alkyl halides is 3. The number of ether oxygens (including phenoxy) is 1. The lowest BCUT2D eigenvalue weighted by atomic mass is 10.2. The van der Waals surface area contributed by atoms with E-state index in [2.05, 4.69) is 15.5 Å². The Morgan fingerprint density at radius 1 is 1.44 bits per heavy atom. The van der Waals surface area contributed by atoms with E-state index in [0.29, 0.717) is 0 Å². The second-order valence-corrected chi connectivity index (χ2v) is 3.66. The molecule has 0 aromatic carbocycles. The molecule has 2 heterocycles. The Bertz CT molecular complexity index is 530. The van der Waals surface area contributed by atoms with Crippen molar-refractivity contribution in [2.75, 3.05) is 6.61 Å². The van der Waals surface area contributed by atoms with Crippen LogP contribution < -0.4 is 5.43 Å². The highest BCUT2D eigenvalue weighted by Gasteiger charge is 2.34. The summed E-state index contributed by atoms with van der Waals surface area (Å²) < 4.78 is 42.6. The van der Waals surface area contributed by atoms with Gasteiger partial charge in [-0.25, -0.2) is 10.4 Å².